The minimum absolute atomic E-state index is 0.0598. The molecule has 2 heterocycles. The van der Waals surface area contributed by atoms with Gasteiger partial charge in [-0.25, -0.2) is 8.42 Å². The summed E-state index contributed by atoms with van der Waals surface area (Å²) in [6, 6.07) is 13.9. The molecule has 1 saturated heterocycles. The van der Waals surface area contributed by atoms with Crippen LogP contribution < -0.4 is 0 Å². The van der Waals surface area contributed by atoms with Crippen LogP contribution in [-0.4, -0.2) is 45.5 Å². The second kappa shape index (κ2) is 9.62. The number of piperidine rings is 1. The zero-order valence-electron chi connectivity index (χ0n) is 18.4. The van der Waals surface area contributed by atoms with Gasteiger partial charge < -0.3 is 4.57 Å². The molecule has 0 radical (unpaired) electrons. The molecule has 1 aliphatic rings. The van der Waals surface area contributed by atoms with Crippen molar-refractivity contribution < 1.29 is 13.3 Å². The zero-order valence-corrected chi connectivity index (χ0v) is 20.1. The van der Waals surface area contributed by atoms with E-state index in [1.807, 2.05) is 44.3 Å². The SMILES string of the molecule is CC1CCCN(S(=O)(=O)c2ccc(Sc3nnc(Cc4ccccc4)n3C)c([N+](=O)[O-])c2)C1. The molecule has 3 aromatic rings. The summed E-state index contributed by atoms with van der Waals surface area (Å²) in [7, 11) is -1.98. The fourth-order valence-electron chi connectivity index (χ4n) is 3.86. The highest BCUT2D eigenvalue weighted by molar-refractivity contribution is 7.99. The first-order chi connectivity index (χ1) is 15.8. The quantitative estimate of drug-likeness (QED) is 0.367. The van der Waals surface area contributed by atoms with Crippen molar-refractivity contribution in [1.82, 2.24) is 19.1 Å². The Morgan fingerprint density at radius 2 is 1.94 bits per heavy atom. The number of aromatic nitrogens is 3. The number of hydrogen-bond donors (Lipinski definition) is 0. The van der Waals surface area contributed by atoms with E-state index in [9.17, 15) is 18.5 Å². The van der Waals surface area contributed by atoms with Crippen molar-refractivity contribution in [3.8, 4) is 0 Å². The normalized spacial score (nSPS) is 17.2. The maximum absolute atomic E-state index is 13.1. The summed E-state index contributed by atoms with van der Waals surface area (Å²) in [6.45, 7) is 2.87. The molecule has 0 N–H and O–H groups in total. The Kier molecular flexibility index (Phi) is 6.82. The Labute approximate surface area is 197 Å². The minimum atomic E-state index is -3.79. The van der Waals surface area contributed by atoms with Gasteiger partial charge in [0.05, 0.1) is 14.7 Å². The third kappa shape index (κ3) is 5.10. The highest BCUT2D eigenvalue weighted by Crippen LogP contribution is 2.36. The average Bonchev–Trinajstić information content (AvgIpc) is 3.13. The standard InChI is InChI=1S/C22H25N5O4S2/c1-16-7-6-12-26(15-16)33(30,31)18-10-11-20(19(14-18)27(28)29)32-22-24-23-21(25(22)2)13-17-8-4-3-5-9-17/h3-5,8-11,14,16H,6-7,12-13,15H2,1-2H3. The Balaban J connectivity index is 1.60. The topological polar surface area (TPSA) is 111 Å². The smallest absolute Gasteiger partial charge is 0.284 e. The van der Waals surface area contributed by atoms with Crippen LogP contribution in [0, 0.1) is 16.0 Å². The largest absolute Gasteiger partial charge is 0.309 e. The van der Waals surface area contributed by atoms with Crippen molar-refractivity contribution in [2.45, 2.75) is 41.1 Å². The monoisotopic (exact) mass is 487 g/mol. The van der Waals surface area contributed by atoms with Gasteiger partial charge in [-0.15, -0.1) is 10.2 Å². The van der Waals surface area contributed by atoms with E-state index in [0.717, 1.165) is 42.1 Å². The van der Waals surface area contributed by atoms with Gasteiger partial charge in [0.2, 0.25) is 10.0 Å². The Hall–Kier alpha value is -2.76. The van der Waals surface area contributed by atoms with E-state index in [4.69, 9.17) is 0 Å². The van der Waals surface area contributed by atoms with Gasteiger partial charge in [0.25, 0.3) is 5.69 Å². The van der Waals surface area contributed by atoms with Crippen molar-refractivity contribution in [2.24, 2.45) is 13.0 Å². The molecular weight excluding hydrogens is 462 g/mol. The molecule has 0 aliphatic carbocycles. The molecule has 1 atom stereocenters. The van der Waals surface area contributed by atoms with Crippen LogP contribution in [0.5, 0.6) is 0 Å². The summed E-state index contributed by atoms with van der Waals surface area (Å²) >= 11 is 1.10. The predicted molar refractivity (Wildman–Crippen MR) is 125 cm³/mol. The second-order valence-electron chi connectivity index (χ2n) is 8.22. The van der Waals surface area contributed by atoms with Crippen molar-refractivity contribution in [3.05, 3.63) is 70.0 Å². The molecule has 2 aromatic carbocycles. The number of benzene rings is 2. The number of sulfonamides is 1. The third-order valence-electron chi connectivity index (χ3n) is 5.72. The van der Waals surface area contributed by atoms with Crippen molar-refractivity contribution >= 4 is 27.5 Å². The van der Waals surface area contributed by atoms with E-state index in [-0.39, 0.29) is 16.5 Å². The highest BCUT2D eigenvalue weighted by atomic mass is 32.2. The van der Waals surface area contributed by atoms with E-state index in [0.29, 0.717) is 29.6 Å². The summed E-state index contributed by atoms with van der Waals surface area (Å²) in [4.78, 5) is 11.5. The molecule has 174 valence electrons. The average molecular weight is 488 g/mol. The van der Waals surface area contributed by atoms with Crippen LogP contribution in [0.4, 0.5) is 5.69 Å². The van der Waals surface area contributed by atoms with Crippen LogP contribution >= 0.6 is 11.8 Å². The van der Waals surface area contributed by atoms with Crippen LogP contribution in [0.25, 0.3) is 0 Å². The van der Waals surface area contributed by atoms with Crippen LogP contribution in [-0.2, 0) is 23.5 Å². The van der Waals surface area contributed by atoms with Gasteiger partial charge in [-0.1, -0.05) is 37.3 Å². The number of nitrogens with zero attached hydrogens (tertiary/aromatic N) is 5. The van der Waals surface area contributed by atoms with Gasteiger partial charge in [-0.3, -0.25) is 10.1 Å². The molecule has 1 fully saturated rings. The Morgan fingerprint density at radius 3 is 2.64 bits per heavy atom. The van der Waals surface area contributed by atoms with Crippen molar-refractivity contribution in [2.75, 3.05) is 13.1 Å². The molecule has 0 saturated carbocycles. The second-order valence-corrected chi connectivity index (χ2v) is 11.2. The van der Waals surface area contributed by atoms with Crippen molar-refractivity contribution in [1.29, 1.82) is 0 Å². The minimum Gasteiger partial charge on any atom is -0.309 e. The van der Waals surface area contributed by atoms with E-state index in [1.165, 1.54) is 16.4 Å². The van der Waals surface area contributed by atoms with Gasteiger partial charge in [0.1, 0.15) is 5.82 Å². The van der Waals surface area contributed by atoms with Gasteiger partial charge in [-0.05, 0) is 48.2 Å². The highest BCUT2D eigenvalue weighted by Gasteiger charge is 2.31. The molecule has 1 unspecified atom stereocenters. The molecule has 9 nitrogen and oxygen atoms in total. The maximum atomic E-state index is 13.1. The van der Waals surface area contributed by atoms with E-state index >= 15 is 0 Å². The summed E-state index contributed by atoms with van der Waals surface area (Å²) in [5, 5.41) is 20.7. The van der Waals surface area contributed by atoms with Gasteiger partial charge >= 0.3 is 0 Å². The van der Waals surface area contributed by atoms with Gasteiger partial charge in [-0.2, -0.15) is 4.31 Å². The third-order valence-corrected chi connectivity index (χ3v) is 8.68. The van der Waals surface area contributed by atoms with Crippen LogP contribution in [0.15, 0.2) is 63.5 Å². The first-order valence-electron chi connectivity index (χ1n) is 10.6. The molecule has 1 aliphatic heterocycles. The van der Waals surface area contributed by atoms with E-state index in [2.05, 4.69) is 10.2 Å². The van der Waals surface area contributed by atoms with Crippen LogP contribution in [0.2, 0.25) is 0 Å². The summed E-state index contributed by atoms with van der Waals surface area (Å²) < 4.78 is 29.4. The van der Waals surface area contributed by atoms with E-state index in [1.54, 1.807) is 4.57 Å². The summed E-state index contributed by atoms with van der Waals surface area (Å²) in [5.41, 5.74) is 0.816. The fraction of sp³-hybridized carbons (Fsp3) is 0.364. The maximum Gasteiger partial charge on any atom is 0.284 e. The lowest BCUT2D eigenvalue weighted by atomic mass is 10.0. The zero-order chi connectivity index (χ0) is 23.6. The summed E-state index contributed by atoms with van der Waals surface area (Å²) in [6.07, 6.45) is 2.35. The predicted octanol–water partition coefficient (Wildman–Crippen LogP) is 3.89. The lowest BCUT2D eigenvalue weighted by Crippen LogP contribution is -2.39. The first kappa shape index (κ1) is 23.4. The molecule has 0 spiro atoms. The molecule has 11 heteroatoms. The number of nitro groups is 1. The molecule has 4 rings (SSSR count). The molecule has 0 amide bonds. The molecule has 1 aromatic heterocycles. The summed E-state index contributed by atoms with van der Waals surface area (Å²) in [5.74, 6) is 0.990. The van der Waals surface area contributed by atoms with Gasteiger partial charge in [0, 0.05) is 32.6 Å². The van der Waals surface area contributed by atoms with Gasteiger partial charge in [0.15, 0.2) is 5.16 Å². The Morgan fingerprint density at radius 1 is 1.18 bits per heavy atom. The fourth-order valence-corrected chi connectivity index (χ4v) is 6.38. The lowest BCUT2D eigenvalue weighted by molar-refractivity contribution is -0.388. The van der Waals surface area contributed by atoms with Crippen LogP contribution in [0.3, 0.4) is 0 Å². The number of rotatable bonds is 7. The lowest BCUT2D eigenvalue weighted by Gasteiger charge is -2.30. The molecule has 0 bridgehead atoms. The number of hydrogen-bond acceptors (Lipinski definition) is 7. The molecular formula is C22H25N5O4S2. The first-order valence-corrected chi connectivity index (χ1v) is 12.9. The number of nitro benzene ring substituents is 1. The van der Waals surface area contributed by atoms with Crippen molar-refractivity contribution in [3.63, 3.8) is 0 Å². The Bertz CT molecular complexity index is 1260. The van der Waals surface area contributed by atoms with E-state index < -0.39 is 14.9 Å². The molecule has 33 heavy (non-hydrogen) atoms. The van der Waals surface area contributed by atoms with Crippen LogP contribution in [0.1, 0.15) is 31.2 Å².